The molecule has 0 radical (unpaired) electrons. The lowest BCUT2D eigenvalue weighted by Crippen LogP contribution is -1.81. The summed E-state index contributed by atoms with van der Waals surface area (Å²) in [7, 11) is 0. The van der Waals surface area contributed by atoms with Crippen molar-refractivity contribution in [2.75, 3.05) is 0 Å². The van der Waals surface area contributed by atoms with E-state index in [0.717, 1.165) is 0 Å². The summed E-state index contributed by atoms with van der Waals surface area (Å²) in [5, 5.41) is 5.15. The summed E-state index contributed by atoms with van der Waals surface area (Å²) < 4.78 is 0. The molecule has 0 spiro atoms. The fraction of sp³-hybridized carbons (Fsp3) is 0.385. The van der Waals surface area contributed by atoms with E-state index >= 15 is 0 Å². The van der Waals surface area contributed by atoms with Crippen molar-refractivity contribution in [3.8, 4) is 0 Å². The summed E-state index contributed by atoms with van der Waals surface area (Å²) in [6, 6.07) is 8.70. The third-order valence-corrected chi connectivity index (χ3v) is 3.68. The summed E-state index contributed by atoms with van der Waals surface area (Å²) in [6.07, 6.45) is 5.25. The smallest absolute Gasteiger partial charge is 0.0124 e. The van der Waals surface area contributed by atoms with E-state index < -0.39 is 0 Å². The Morgan fingerprint density at radius 2 is 2.00 bits per heavy atom. The molecule has 14 heavy (non-hydrogen) atoms. The summed E-state index contributed by atoms with van der Waals surface area (Å²) in [5.74, 6) is 0. The van der Waals surface area contributed by atoms with Crippen LogP contribution in [0.5, 0.6) is 0 Å². The molecule has 0 N–H and O–H groups in total. The molecular formula is C13H16S. The molecule has 0 amide bonds. The Morgan fingerprint density at radius 1 is 1.14 bits per heavy atom. The average Bonchev–Trinajstić information content (AvgIpc) is 2.63. The number of thiophene rings is 1. The highest BCUT2D eigenvalue weighted by Gasteiger charge is 2.02. The fourth-order valence-electron chi connectivity index (χ4n) is 1.78. The minimum atomic E-state index is 1.26. The molecule has 0 atom stereocenters. The van der Waals surface area contributed by atoms with Crippen molar-refractivity contribution >= 4 is 22.1 Å². The van der Waals surface area contributed by atoms with Gasteiger partial charge in [0.05, 0.1) is 0 Å². The summed E-state index contributed by atoms with van der Waals surface area (Å²) >= 11 is 1.91. The predicted molar refractivity (Wildman–Crippen MR) is 65.1 cm³/mol. The second-order valence-corrected chi connectivity index (χ2v) is 4.67. The van der Waals surface area contributed by atoms with Gasteiger partial charge in [-0.3, -0.25) is 0 Å². The zero-order valence-corrected chi connectivity index (χ0v) is 9.44. The monoisotopic (exact) mass is 204 g/mol. The van der Waals surface area contributed by atoms with Crippen LogP contribution in [0.15, 0.2) is 29.6 Å². The van der Waals surface area contributed by atoms with Crippen molar-refractivity contribution < 1.29 is 0 Å². The number of hydrogen-bond acceptors (Lipinski definition) is 1. The van der Waals surface area contributed by atoms with Gasteiger partial charge >= 0.3 is 0 Å². The maximum absolute atomic E-state index is 2.27. The Hall–Kier alpha value is -0.820. The minimum absolute atomic E-state index is 1.26. The Kier molecular flexibility index (Phi) is 3.20. The lowest BCUT2D eigenvalue weighted by atomic mass is 10.1. The molecule has 0 aliphatic rings. The second kappa shape index (κ2) is 4.61. The van der Waals surface area contributed by atoms with Crippen LogP contribution in [0.4, 0.5) is 0 Å². The van der Waals surface area contributed by atoms with Gasteiger partial charge in [0.2, 0.25) is 0 Å². The molecule has 0 saturated carbocycles. The molecule has 1 aromatic heterocycles. The van der Waals surface area contributed by atoms with Crippen molar-refractivity contribution in [2.45, 2.75) is 32.6 Å². The van der Waals surface area contributed by atoms with Gasteiger partial charge in [0.1, 0.15) is 0 Å². The van der Waals surface area contributed by atoms with Crippen molar-refractivity contribution in [1.29, 1.82) is 0 Å². The highest BCUT2D eigenvalue weighted by Crippen LogP contribution is 2.26. The lowest BCUT2D eigenvalue weighted by molar-refractivity contribution is 0.724. The van der Waals surface area contributed by atoms with Gasteiger partial charge in [0.25, 0.3) is 0 Å². The third kappa shape index (κ3) is 1.98. The number of unbranched alkanes of at least 4 members (excludes halogenated alkanes) is 2. The molecule has 1 heterocycles. The quantitative estimate of drug-likeness (QED) is 0.637. The van der Waals surface area contributed by atoms with Gasteiger partial charge < -0.3 is 0 Å². The first-order valence-electron chi connectivity index (χ1n) is 5.37. The van der Waals surface area contributed by atoms with Crippen molar-refractivity contribution in [1.82, 2.24) is 0 Å². The van der Waals surface area contributed by atoms with E-state index in [9.17, 15) is 0 Å². The SMILES string of the molecule is CCCCCc1scc2ccccc12. The van der Waals surface area contributed by atoms with Crippen LogP contribution in [0.2, 0.25) is 0 Å². The highest BCUT2D eigenvalue weighted by atomic mass is 32.1. The van der Waals surface area contributed by atoms with E-state index in [1.807, 2.05) is 11.3 Å². The van der Waals surface area contributed by atoms with E-state index in [1.165, 1.54) is 36.5 Å². The zero-order valence-electron chi connectivity index (χ0n) is 8.62. The van der Waals surface area contributed by atoms with E-state index in [-0.39, 0.29) is 0 Å². The molecule has 1 heteroatoms. The largest absolute Gasteiger partial charge is 0.148 e. The molecule has 0 fully saturated rings. The Bertz CT molecular complexity index is 400. The first-order valence-corrected chi connectivity index (χ1v) is 6.25. The maximum Gasteiger partial charge on any atom is 0.0124 e. The van der Waals surface area contributed by atoms with Crippen LogP contribution in [0, 0.1) is 0 Å². The molecule has 1 aromatic carbocycles. The minimum Gasteiger partial charge on any atom is -0.148 e. The number of rotatable bonds is 4. The molecule has 2 rings (SSSR count). The molecule has 0 unspecified atom stereocenters. The first-order chi connectivity index (χ1) is 6.92. The molecular weight excluding hydrogens is 188 g/mol. The summed E-state index contributed by atoms with van der Waals surface area (Å²) in [4.78, 5) is 1.56. The van der Waals surface area contributed by atoms with E-state index in [4.69, 9.17) is 0 Å². The van der Waals surface area contributed by atoms with Crippen LogP contribution in [0.1, 0.15) is 31.1 Å². The van der Waals surface area contributed by atoms with Gasteiger partial charge in [-0.25, -0.2) is 0 Å². The van der Waals surface area contributed by atoms with E-state index in [1.54, 1.807) is 4.88 Å². The third-order valence-electron chi connectivity index (χ3n) is 2.60. The normalized spacial score (nSPS) is 10.9. The van der Waals surface area contributed by atoms with Crippen molar-refractivity contribution in [2.24, 2.45) is 0 Å². The summed E-state index contributed by atoms with van der Waals surface area (Å²) in [5.41, 5.74) is 0. The molecule has 0 nitrogen and oxygen atoms in total. The lowest BCUT2D eigenvalue weighted by Gasteiger charge is -1.97. The van der Waals surface area contributed by atoms with Crippen LogP contribution in [0.25, 0.3) is 10.8 Å². The Morgan fingerprint density at radius 3 is 2.86 bits per heavy atom. The Labute approximate surface area is 89.6 Å². The molecule has 0 saturated heterocycles. The molecule has 0 aliphatic heterocycles. The molecule has 2 aromatic rings. The number of aryl methyl sites for hydroxylation is 1. The number of fused-ring (bicyclic) bond motifs is 1. The standard InChI is InChI=1S/C13H16S/c1-2-3-4-9-13-12-8-6-5-7-11(12)10-14-13/h5-8,10H,2-4,9H2,1H3. The van der Waals surface area contributed by atoms with Crippen molar-refractivity contribution in [3.63, 3.8) is 0 Å². The molecule has 0 bridgehead atoms. The number of benzene rings is 1. The number of hydrogen-bond donors (Lipinski definition) is 0. The maximum atomic E-state index is 2.27. The van der Waals surface area contributed by atoms with E-state index in [0.29, 0.717) is 0 Å². The highest BCUT2D eigenvalue weighted by molar-refractivity contribution is 7.11. The average molecular weight is 204 g/mol. The van der Waals surface area contributed by atoms with Crippen LogP contribution in [0.3, 0.4) is 0 Å². The van der Waals surface area contributed by atoms with Gasteiger partial charge in [-0.15, -0.1) is 11.3 Å². The topological polar surface area (TPSA) is 0 Å². The van der Waals surface area contributed by atoms with Gasteiger partial charge in [-0.2, -0.15) is 0 Å². The molecule has 74 valence electrons. The molecule has 0 aliphatic carbocycles. The van der Waals surface area contributed by atoms with Gasteiger partial charge in [-0.05, 0) is 29.0 Å². The van der Waals surface area contributed by atoms with Gasteiger partial charge in [0, 0.05) is 4.88 Å². The predicted octanol–water partition coefficient (Wildman–Crippen LogP) is 4.63. The van der Waals surface area contributed by atoms with Crippen LogP contribution in [-0.2, 0) is 6.42 Å². The van der Waals surface area contributed by atoms with Gasteiger partial charge in [-0.1, -0.05) is 44.0 Å². The van der Waals surface area contributed by atoms with E-state index in [2.05, 4.69) is 36.6 Å². The van der Waals surface area contributed by atoms with Crippen LogP contribution < -0.4 is 0 Å². The van der Waals surface area contributed by atoms with Crippen LogP contribution >= 0.6 is 11.3 Å². The summed E-state index contributed by atoms with van der Waals surface area (Å²) in [6.45, 7) is 2.26. The second-order valence-electron chi connectivity index (χ2n) is 3.70. The fourth-order valence-corrected chi connectivity index (χ4v) is 2.83. The zero-order chi connectivity index (χ0) is 9.80. The Balaban J connectivity index is 2.17. The van der Waals surface area contributed by atoms with Crippen molar-refractivity contribution in [3.05, 3.63) is 34.5 Å². The van der Waals surface area contributed by atoms with Gasteiger partial charge in [0.15, 0.2) is 0 Å². The first kappa shape index (κ1) is 9.72. The van der Waals surface area contributed by atoms with Crippen LogP contribution in [-0.4, -0.2) is 0 Å².